The fourth-order valence-corrected chi connectivity index (χ4v) is 4.19. The van der Waals surface area contributed by atoms with Gasteiger partial charge in [0.2, 0.25) is 5.89 Å². The van der Waals surface area contributed by atoms with Crippen LogP contribution in [0.25, 0.3) is 11.3 Å². The second-order valence-electron chi connectivity index (χ2n) is 6.71. The molecule has 0 saturated carbocycles. The van der Waals surface area contributed by atoms with E-state index in [0.29, 0.717) is 34.7 Å². The van der Waals surface area contributed by atoms with Gasteiger partial charge in [-0.1, -0.05) is 23.2 Å². The zero-order chi connectivity index (χ0) is 19.1. The molecule has 1 aliphatic carbocycles. The average Bonchev–Trinajstić information content (AvgIpc) is 3.19. The largest absolute Gasteiger partial charge is 0.439 e. The summed E-state index contributed by atoms with van der Waals surface area (Å²) in [6.45, 7) is 0.395. The highest BCUT2D eigenvalue weighted by molar-refractivity contribution is 6.35. The monoisotopic (exact) mass is 406 g/mol. The lowest BCUT2D eigenvalue weighted by Crippen LogP contribution is -2.30. The summed E-state index contributed by atoms with van der Waals surface area (Å²) in [6, 6.07) is 9.33. The first-order chi connectivity index (χ1) is 12.9. The number of oxazole rings is 1. The molecule has 0 spiro atoms. The zero-order valence-electron chi connectivity index (χ0n) is 14.5. The SMILES string of the molecule is CN(Cc1ncc(-c2ccc(F)cc2)o1)[C@H]1c2cc(Cl)cc(Cl)c2C[C@@H]1O. The molecule has 1 aromatic heterocycles. The third-order valence-corrected chi connectivity index (χ3v) is 5.39. The molecule has 0 bridgehead atoms. The van der Waals surface area contributed by atoms with Crippen LogP contribution in [0.5, 0.6) is 0 Å². The Morgan fingerprint density at radius 2 is 2.00 bits per heavy atom. The maximum Gasteiger partial charge on any atom is 0.209 e. The predicted molar refractivity (Wildman–Crippen MR) is 102 cm³/mol. The molecule has 140 valence electrons. The number of aliphatic hydroxyl groups excluding tert-OH is 1. The summed E-state index contributed by atoms with van der Waals surface area (Å²) in [5, 5.41) is 11.7. The molecule has 4 rings (SSSR count). The predicted octanol–water partition coefficient (Wildman–Crippen LogP) is 4.88. The summed E-state index contributed by atoms with van der Waals surface area (Å²) in [7, 11) is 1.89. The van der Waals surface area contributed by atoms with Crippen LogP contribution in [0.2, 0.25) is 10.0 Å². The quantitative estimate of drug-likeness (QED) is 0.670. The minimum atomic E-state index is -0.590. The molecule has 4 nitrogen and oxygen atoms in total. The van der Waals surface area contributed by atoms with E-state index in [4.69, 9.17) is 27.6 Å². The van der Waals surface area contributed by atoms with Crippen molar-refractivity contribution >= 4 is 23.2 Å². The minimum absolute atomic E-state index is 0.252. The van der Waals surface area contributed by atoms with Gasteiger partial charge in [0.05, 0.1) is 24.9 Å². The zero-order valence-corrected chi connectivity index (χ0v) is 16.0. The lowest BCUT2D eigenvalue weighted by Gasteiger charge is -2.26. The number of fused-ring (bicyclic) bond motifs is 1. The fraction of sp³-hybridized carbons (Fsp3) is 0.250. The number of rotatable bonds is 4. The first-order valence-electron chi connectivity index (χ1n) is 8.49. The van der Waals surface area contributed by atoms with Crippen LogP contribution < -0.4 is 0 Å². The maximum atomic E-state index is 13.1. The van der Waals surface area contributed by atoms with E-state index in [1.807, 2.05) is 18.0 Å². The molecule has 7 heteroatoms. The molecule has 0 amide bonds. The summed E-state index contributed by atoms with van der Waals surface area (Å²) in [6.07, 6.45) is 1.50. The number of halogens is 3. The Morgan fingerprint density at radius 1 is 1.26 bits per heavy atom. The summed E-state index contributed by atoms with van der Waals surface area (Å²) in [5.74, 6) is 0.770. The Kier molecular flexibility index (Phi) is 4.95. The minimum Gasteiger partial charge on any atom is -0.439 e. The van der Waals surface area contributed by atoms with Crippen LogP contribution in [0.1, 0.15) is 23.1 Å². The van der Waals surface area contributed by atoms with Crippen LogP contribution in [0.3, 0.4) is 0 Å². The molecule has 27 heavy (non-hydrogen) atoms. The van der Waals surface area contributed by atoms with Crippen LogP contribution in [-0.2, 0) is 13.0 Å². The van der Waals surface area contributed by atoms with E-state index in [2.05, 4.69) is 4.98 Å². The number of hydrogen-bond acceptors (Lipinski definition) is 4. The van der Waals surface area contributed by atoms with Crippen LogP contribution in [-0.4, -0.2) is 28.1 Å². The van der Waals surface area contributed by atoms with E-state index < -0.39 is 6.10 Å². The van der Waals surface area contributed by atoms with Gasteiger partial charge < -0.3 is 9.52 Å². The summed E-state index contributed by atoms with van der Waals surface area (Å²) in [5.41, 5.74) is 2.60. The van der Waals surface area contributed by atoms with Crippen LogP contribution in [0.15, 0.2) is 47.0 Å². The lowest BCUT2D eigenvalue weighted by molar-refractivity contribution is 0.0681. The Hall–Kier alpha value is -1.92. The smallest absolute Gasteiger partial charge is 0.209 e. The van der Waals surface area contributed by atoms with Crippen LogP contribution in [0.4, 0.5) is 4.39 Å². The van der Waals surface area contributed by atoms with Gasteiger partial charge in [-0.2, -0.15) is 0 Å². The molecule has 0 fully saturated rings. The molecule has 3 aromatic rings. The van der Waals surface area contributed by atoms with Gasteiger partial charge in [-0.25, -0.2) is 9.37 Å². The van der Waals surface area contributed by atoms with Crippen molar-refractivity contribution in [3.05, 3.63) is 75.5 Å². The molecule has 1 aliphatic rings. The van der Waals surface area contributed by atoms with E-state index >= 15 is 0 Å². The van der Waals surface area contributed by atoms with Crippen molar-refractivity contribution in [2.24, 2.45) is 0 Å². The van der Waals surface area contributed by atoms with Crippen molar-refractivity contribution in [2.75, 3.05) is 7.05 Å². The molecular weight excluding hydrogens is 390 g/mol. The second-order valence-corrected chi connectivity index (χ2v) is 7.56. The van der Waals surface area contributed by atoms with E-state index in [9.17, 15) is 9.50 Å². The number of likely N-dealkylation sites (N-methyl/N-ethyl adjacent to an activating group) is 1. The van der Waals surface area contributed by atoms with Gasteiger partial charge >= 0.3 is 0 Å². The van der Waals surface area contributed by atoms with Crippen molar-refractivity contribution in [1.29, 1.82) is 0 Å². The van der Waals surface area contributed by atoms with E-state index in [0.717, 1.165) is 16.7 Å². The van der Waals surface area contributed by atoms with Gasteiger partial charge in [-0.15, -0.1) is 0 Å². The third-order valence-electron chi connectivity index (χ3n) is 4.83. The van der Waals surface area contributed by atoms with E-state index in [-0.39, 0.29) is 11.9 Å². The van der Waals surface area contributed by atoms with Gasteiger partial charge in [0.1, 0.15) is 5.82 Å². The first-order valence-corrected chi connectivity index (χ1v) is 9.24. The number of benzene rings is 2. The van der Waals surface area contributed by atoms with Crippen molar-refractivity contribution in [2.45, 2.75) is 25.1 Å². The number of aliphatic hydroxyl groups is 1. The number of aromatic nitrogens is 1. The molecule has 0 saturated heterocycles. The van der Waals surface area contributed by atoms with Crippen molar-refractivity contribution in [3.8, 4) is 11.3 Å². The topological polar surface area (TPSA) is 49.5 Å². The van der Waals surface area contributed by atoms with Crippen molar-refractivity contribution < 1.29 is 13.9 Å². The lowest BCUT2D eigenvalue weighted by atomic mass is 10.1. The summed E-state index contributed by atoms with van der Waals surface area (Å²) < 4.78 is 18.9. The normalized spacial score (nSPS) is 18.9. The highest BCUT2D eigenvalue weighted by Gasteiger charge is 2.36. The molecule has 2 atom stereocenters. The Balaban J connectivity index is 1.55. The number of nitrogens with zero attached hydrogens (tertiary/aromatic N) is 2. The van der Waals surface area contributed by atoms with Gasteiger partial charge in [-0.3, -0.25) is 4.90 Å². The molecule has 2 aromatic carbocycles. The second kappa shape index (κ2) is 7.24. The van der Waals surface area contributed by atoms with Gasteiger partial charge in [0.15, 0.2) is 5.76 Å². The Labute approximate surface area is 166 Å². The third kappa shape index (κ3) is 3.60. The molecular formula is C20H17Cl2FN2O2. The molecule has 1 heterocycles. The average molecular weight is 407 g/mol. The fourth-order valence-electron chi connectivity index (χ4n) is 3.60. The van der Waals surface area contributed by atoms with E-state index in [1.54, 1.807) is 24.4 Å². The molecule has 0 radical (unpaired) electrons. The first kappa shape index (κ1) is 18.4. The maximum absolute atomic E-state index is 13.1. The van der Waals surface area contributed by atoms with Crippen molar-refractivity contribution in [3.63, 3.8) is 0 Å². The summed E-state index contributed by atoms with van der Waals surface area (Å²) in [4.78, 5) is 6.27. The highest BCUT2D eigenvalue weighted by Crippen LogP contribution is 2.41. The van der Waals surface area contributed by atoms with Gasteiger partial charge in [0.25, 0.3) is 0 Å². The standard InChI is InChI=1S/C20H17Cl2FN2O2/c1-25(20-15-6-12(21)7-16(22)14(15)8-17(20)26)10-19-24-9-18(27-19)11-2-4-13(23)5-3-11/h2-7,9,17,20,26H,8,10H2,1H3/t17-,20-/m0/s1. The van der Waals surface area contributed by atoms with Crippen LogP contribution >= 0.6 is 23.2 Å². The Bertz CT molecular complexity index is 975. The van der Waals surface area contributed by atoms with Crippen LogP contribution in [0, 0.1) is 5.82 Å². The van der Waals surface area contributed by atoms with Gasteiger partial charge in [0, 0.05) is 22.0 Å². The summed E-state index contributed by atoms with van der Waals surface area (Å²) >= 11 is 12.4. The molecule has 1 N–H and O–H groups in total. The van der Waals surface area contributed by atoms with Crippen molar-refractivity contribution in [1.82, 2.24) is 9.88 Å². The van der Waals surface area contributed by atoms with E-state index in [1.165, 1.54) is 12.1 Å². The number of hydrogen-bond donors (Lipinski definition) is 1. The highest BCUT2D eigenvalue weighted by atomic mass is 35.5. The van der Waals surface area contributed by atoms with Gasteiger partial charge in [-0.05, 0) is 54.6 Å². The molecule has 0 aliphatic heterocycles. The Morgan fingerprint density at radius 3 is 2.74 bits per heavy atom. The molecule has 0 unspecified atom stereocenters.